The first kappa shape index (κ1) is 12.4. The van der Waals surface area contributed by atoms with Crippen LogP contribution in [0.25, 0.3) is 0 Å². The summed E-state index contributed by atoms with van der Waals surface area (Å²) in [6.45, 7) is 0. The number of hydrogen-bond donors (Lipinski definition) is 1. The zero-order valence-electron chi connectivity index (χ0n) is 8.61. The number of nitrogens with one attached hydrogen (secondary N) is 1. The van der Waals surface area contributed by atoms with Crippen molar-refractivity contribution in [2.75, 3.05) is 19.5 Å². The van der Waals surface area contributed by atoms with Gasteiger partial charge in [-0.3, -0.25) is 10.1 Å². The summed E-state index contributed by atoms with van der Waals surface area (Å²) in [5, 5.41) is 13.4. The van der Waals surface area contributed by atoms with Crippen LogP contribution in [0.1, 0.15) is 10.4 Å². The summed E-state index contributed by atoms with van der Waals surface area (Å²) >= 11 is 3.10. The lowest BCUT2D eigenvalue weighted by molar-refractivity contribution is -0.384. The van der Waals surface area contributed by atoms with Gasteiger partial charge in [0.15, 0.2) is 0 Å². The molecule has 0 spiro atoms. The lowest BCUT2D eigenvalue weighted by Crippen LogP contribution is -2.08. The van der Waals surface area contributed by atoms with Gasteiger partial charge in [-0.25, -0.2) is 4.79 Å². The third-order valence-corrected chi connectivity index (χ3v) is 2.39. The maximum atomic E-state index is 11.4. The number of nitro groups is 1. The van der Waals surface area contributed by atoms with Crippen LogP contribution >= 0.6 is 15.9 Å². The number of benzene rings is 1. The van der Waals surface area contributed by atoms with Crippen LogP contribution in [0.4, 0.5) is 11.4 Å². The summed E-state index contributed by atoms with van der Waals surface area (Å²) in [5.41, 5.74) is 0.0726. The minimum absolute atomic E-state index is 0.117. The number of methoxy groups -OCH3 is 1. The minimum atomic E-state index is -0.631. The van der Waals surface area contributed by atoms with Crippen molar-refractivity contribution in [2.24, 2.45) is 0 Å². The second kappa shape index (κ2) is 4.93. The number of nitrogens with zero attached hydrogens (tertiary/aromatic N) is 1. The van der Waals surface area contributed by atoms with Crippen molar-refractivity contribution in [1.29, 1.82) is 0 Å². The average molecular weight is 289 g/mol. The van der Waals surface area contributed by atoms with Crippen molar-refractivity contribution in [3.63, 3.8) is 0 Å². The van der Waals surface area contributed by atoms with E-state index in [-0.39, 0.29) is 16.9 Å². The molecule has 0 heterocycles. The Bertz CT molecular complexity index is 447. The Morgan fingerprint density at radius 1 is 1.56 bits per heavy atom. The normalized spacial score (nSPS) is 9.69. The van der Waals surface area contributed by atoms with Crippen molar-refractivity contribution < 1.29 is 14.5 Å². The number of carbonyl (C=O) groups is 1. The van der Waals surface area contributed by atoms with Crippen molar-refractivity contribution in [1.82, 2.24) is 0 Å². The molecule has 1 rings (SSSR count). The van der Waals surface area contributed by atoms with Crippen LogP contribution in [-0.4, -0.2) is 25.1 Å². The molecular weight excluding hydrogens is 280 g/mol. The smallest absolute Gasteiger partial charge is 0.340 e. The molecule has 0 radical (unpaired) electrons. The summed E-state index contributed by atoms with van der Waals surface area (Å²) in [5.74, 6) is -0.631. The predicted octanol–water partition coefficient (Wildman–Crippen LogP) is 2.19. The fourth-order valence-corrected chi connectivity index (χ4v) is 1.72. The van der Waals surface area contributed by atoms with Gasteiger partial charge in [0.25, 0.3) is 5.69 Å². The zero-order chi connectivity index (χ0) is 12.3. The number of anilines is 1. The van der Waals surface area contributed by atoms with Gasteiger partial charge < -0.3 is 10.1 Å². The van der Waals surface area contributed by atoms with E-state index in [1.165, 1.54) is 26.3 Å². The number of carbonyl (C=O) groups excluding carboxylic acids is 1. The maximum absolute atomic E-state index is 11.4. The molecule has 1 aromatic carbocycles. The van der Waals surface area contributed by atoms with Gasteiger partial charge in [-0.05, 0) is 6.07 Å². The molecule has 0 aliphatic rings. The fraction of sp³-hybridized carbons (Fsp3) is 0.222. The largest absolute Gasteiger partial charge is 0.465 e. The van der Waals surface area contributed by atoms with Crippen LogP contribution in [0.15, 0.2) is 16.6 Å². The van der Waals surface area contributed by atoms with Crippen LogP contribution < -0.4 is 5.32 Å². The Hall–Kier alpha value is -1.63. The molecule has 0 atom stereocenters. The van der Waals surface area contributed by atoms with E-state index in [0.29, 0.717) is 4.47 Å². The van der Waals surface area contributed by atoms with Crippen molar-refractivity contribution >= 4 is 33.3 Å². The SMILES string of the molecule is CNc1c(C(=O)OC)cc(Br)cc1[N+](=O)[O-]. The van der Waals surface area contributed by atoms with Gasteiger partial charge in [0.1, 0.15) is 5.69 Å². The van der Waals surface area contributed by atoms with Gasteiger partial charge in [-0.15, -0.1) is 0 Å². The first-order chi connectivity index (χ1) is 7.51. The first-order valence-corrected chi connectivity index (χ1v) is 5.04. The molecule has 1 N–H and O–H groups in total. The Morgan fingerprint density at radius 3 is 2.62 bits per heavy atom. The van der Waals surface area contributed by atoms with Gasteiger partial charge in [-0.1, -0.05) is 15.9 Å². The molecule has 1 aromatic rings. The van der Waals surface area contributed by atoms with Crippen LogP contribution in [0.3, 0.4) is 0 Å². The molecule has 0 aromatic heterocycles. The van der Waals surface area contributed by atoms with Crippen LogP contribution in [0.5, 0.6) is 0 Å². The Balaban J connectivity index is 3.48. The summed E-state index contributed by atoms with van der Waals surface area (Å²) < 4.78 is 4.99. The average Bonchev–Trinajstić information content (AvgIpc) is 2.26. The summed E-state index contributed by atoms with van der Waals surface area (Å²) in [4.78, 5) is 21.6. The molecule has 0 aliphatic carbocycles. The van der Waals surface area contributed by atoms with Crippen LogP contribution in [0.2, 0.25) is 0 Å². The van der Waals surface area contributed by atoms with Gasteiger partial charge >= 0.3 is 5.97 Å². The van der Waals surface area contributed by atoms with E-state index in [2.05, 4.69) is 26.0 Å². The van der Waals surface area contributed by atoms with E-state index in [1.807, 2.05) is 0 Å². The standard InChI is InChI=1S/C9H9BrN2O4/c1-11-8-6(9(13)16-2)3-5(10)4-7(8)12(14)15/h3-4,11H,1-2H3. The highest BCUT2D eigenvalue weighted by molar-refractivity contribution is 9.10. The molecule has 6 nitrogen and oxygen atoms in total. The summed E-state index contributed by atoms with van der Waals surface area (Å²) in [7, 11) is 2.72. The number of rotatable bonds is 3. The van der Waals surface area contributed by atoms with Gasteiger partial charge in [-0.2, -0.15) is 0 Å². The van der Waals surface area contributed by atoms with Gasteiger partial charge in [0.2, 0.25) is 0 Å². The summed E-state index contributed by atoms with van der Waals surface area (Å²) in [6.07, 6.45) is 0. The monoisotopic (exact) mass is 288 g/mol. The third kappa shape index (κ3) is 2.30. The summed E-state index contributed by atoms with van der Waals surface area (Å²) in [6, 6.07) is 2.78. The van der Waals surface area contributed by atoms with E-state index < -0.39 is 10.9 Å². The van der Waals surface area contributed by atoms with Crippen LogP contribution in [-0.2, 0) is 4.74 Å². The third-order valence-electron chi connectivity index (χ3n) is 1.93. The van der Waals surface area contributed by atoms with Crippen molar-refractivity contribution in [3.05, 3.63) is 32.3 Å². The molecule has 86 valence electrons. The lowest BCUT2D eigenvalue weighted by atomic mass is 10.1. The van der Waals surface area contributed by atoms with E-state index in [4.69, 9.17) is 0 Å². The lowest BCUT2D eigenvalue weighted by Gasteiger charge is -2.08. The molecule has 0 aliphatic heterocycles. The number of nitro benzene ring substituents is 1. The Morgan fingerprint density at radius 2 is 2.19 bits per heavy atom. The Kier molecular flexibility index (Phi) is 3.83. The van der Waals surface area contributed by atoms with E-state index in [1.54, 1.807) is 0 Å². The van der Waals surface area contributed by atoms with E-state index >= 15 is 0 Å². The number of hydrogen-bond acceptors (Lipinski definition) is 5. The van der Waals surface area contributed by atoms with Gasteiger partial charge in [0, 0.05) is 17.6 Å². The number of ether oxygens (including phenoxy) is 1. The fourth-order valence-electron chi connectivity index (χ4n) is 1.27. The molecule has 7 heteroatoms. The quantitative estimate of drug-likeness (QED) is 0.524. The number of esters is 1. The molecule has 0 unspecified atom stereocenters. The second-order valence-corrected chi connectivity index (χ2v) is 3.76. The first-order valence-electron chi connectivity index (χ1n) is 4.25. The van der Waals surface area contributed by atoms with Crippen molar-refractivity contribution in [3.8, 4) is 0 Å². The second-order valence-electron chi connectivity index (χ2n) is 2.85. The Labute approximate surface area is 99.9 Å². The molecule has 16 heavy (non-hydrogen) atoms. The zero-order valence-corrected chi connectivity index (χ0v) is 10.2. The van der Waals surface area contributed by atoms with Crippen molar-refractivity contribution in [2.45, 2.75) is 0 Å². The molecule has 0 amide bonds. The topological polar surface area (TPSA) is 81.5 Å². The van der Waals surface area contributed by atoms with Gasteiger partial charge in [0.05, 0.1) is 17.6 Å². The molecular formula is C9H9BrN2O4. The van der Waals surface area contributed by atoms with E-state index in [9.17, 15) is 14.9 Å². The number of halogens is 1. The highest BCUT2D eigenvalue weighted by Crippen LogP contribution is 2.32. The molecule has 0 saturated heterocycles. The molecule has 0 saturated carbocycles. The van der Waals surface area contributed by atoms with E-state index in [0.717, 1.165) is 0 Å². The highest BCUT2D eigenvalue weighted by atomic mass is 79.9. The van der Waals surface area contributed by atoms with Crippen LogP contribution in [0, 0.1) is 10.1 Å². The maximum Gasteiger partial charge on any atom is 0.340 e. The molecule has 0 fully saturated rings. The minimum Gasteiger partial charge on any atom is -0.465 e. The predicted molar refractivity (Wildman–Crippen MR) is 61.7 cm³/mol. The highest BCUT2D eigenvalue weighted by Gasteiger charge is 2.22. The molecule has 0 bridgehead atoms.